The molecule has 0 aromatic heterocycles. The molecule has 164 valence electrons. The summed E-state index contributed by atoms with van der Waals surface area (Å²) in [6, 6.07) is 13.4. The summed E-state index contributed by atoms with van der Waals surface area (Å²) < 4.78 is 24.5. The second-order valence-corrected chi connectivity index (χ2v) is 11.2. The molecule has 6 nitrogen and oxygen atoms in total. The molecule has 1 saturated heterocycles. The zero-order valence-corrected chi connectivity index (χ0v) is 19.6. The average molecular weight is 458 g/mol. The van der Waals surface area contributed by atoms with E-state index in [1.54, 1.807) is 0 Å². The van der Waals surface area contributed by atoms with Gasteiger partial charge in [0.15, 0.2) is 15.0 Å². The van der Waals surface area contributed by atoms with E-state index in [1.165, 1.54) is 11.8 Å². The summed E-state index contributed by atoms with van der Waals surface area (Å²) >= 11 is 1.37. The first kappa shape index (κ1) is 21.9. The molecular formula is C23H27N3O3S2. The molecule has 2 heterocycles. The number of aryl methyl sites for hydroxylation is 3. The van der Waals surface area contributed by atoms with Crippen molar-refractivity contribution < 1.29 is 13.2 Å². The molecule has 2 atom stereocenters. The summed E-state index contributed by atoms with van der Waals surface area (Å²) in [6.07, 6.45) is 0.842. The van der Waals surface area contributed by atoms with Crippen LogP contribution in [0.4, 0.5) is 11.4 Å². The maximum absolute atomic E-state index is 12.6. The molecule has 0 aliphatic carbocycles. The third-order valence-electron chi connectivity index (χ3n) is 5.72. The number of sulfone groups is 1. The quantitative estimate of drug-likeness (QED) is 0.743. The number of rotatable bonds is 5. The van der Waals surface area contributed by atoms with E-state index >= 15 is 0 Å². The lowest BCUT2D eigenvalue weighted by molar-refractivity contribution is -0.113. The molecule has 4 rings (SSSR count). The topological polar surface area (TPSA) is 78.8 Å². The summed E-state index contributed by atoms with van der Waals surface area (Å²) in [5, 5.41) is 3.71. The molecule has 0 bridgehead atoms. The van der Waals surface area contributed by atoms with Crippen LogP contribution in [0.25, 0.3) is 0 Å². The van der Waals surface area contributed by atoms with E-state index in [1.807, 2.05) is 55.1 Å². The largest absolute Gasteiger partial charge is 0.325 e. The third kappa shape index (κ3) is 4.65. The molecule has 0 unspecified atom stereocenters. The number of thioether (sulfide) groups is 1. The van der Waals surface area contributed by atoms with Crippen molar-refractivity contribution in [1.29, 1.82) is 0 Å². The van der Waals surface area contributed by atoms with Crippen LogP contribution in [0, 0.1) is 13.8 Å². The molecule has 2 aromatic rings. The van der Waals surface area contributed by atoms with Crippen molar-refractivity contribution in [2.24, 2.45) is 4.99 Å². The molecule has 1 amide bonds. The Labute approximate surface area is 188 Å². The Morgan fingerprint density at radius 2 is 1.97 bits per heavy atom. The molecule has 0 radical (unpaired) electrons. The van der Waals surface area contributed by atoms with Gasteiger partial charge in [0.2, 0.25) is 5.91 Å². The van der Waals surface area contributed by atoms with Gasteiger partial charge in [0.1, 0.15) is 0 Å². The zero-order chi connectivity index (χ0) is 22.2. The van der Waals surface area contributed by atoms with Crippen LogP contribution in [0.5, 0.6) is 0 Å². The van der Waals surface area contributed by atoms with Gasteiger partial charge in [-0.3, -0.25) is 9.79 Å². The molecular weight excluding hydrogens is 430 g/mol. The Morgan fingerprint density at radius 3 is 2.71 bits per heavy atom. The fourth-order valence-electron chi connectivity index (χ4n) is 4.26. The monoisotopic (exact) mass is 457 g/mol. The highest BCUT2D eigenvalue weighted by atomic mass is 32.2. The van der Waals surface area contributed by atoms with Crippen LogP contribution in [0.15, 0.2) is 47.5 Å². The van der Waals surface area contributed by atoms with Gasteiger partial charge in [0, 0.05) is 11.4 Å². The van der Waals surface area contributed by atoms with Crippen LogP contribution in [0.3, 0.4) is 0 Å². The molecule has 1 fully saturated rings. The molecule has 0 saturated carbocycles. The summed E-state index contributed by atoms with van der Waals surface area (Å²) in [5.41, 5.74) is 5.10. The average Bonchev–Trinajstić information content (AvgIpc) is 3.18. The highest BCUT2D eigenvalue weighted by Gasteiger charge is 2.47. The second kappa shape index (κ2) is 8.67. The van der Waals surface area contributed by atoms with Crippen LogP contribution in [0.2, 0.25) is 0 Å². The van der Waals surface area contributed by atoms with Crippen molar-refractivity contribution in [3.8, 4) is 0 Å². The number of anilines is 2. The number of aliphatic imine (C=N–C) groups is 1. The number of amidine groups is 1. The Morgan fingerprint density at radius 1 is 1.19 bits per heavy atom. The Kier molecular flexibility index (Phi) is 6.12. The van der Waals surface area contributed by atoms with Crippen molar-refractivity contribution in [3.63, 3.8) is 0 Å². The minimum Gasteiger partial charge on any atom is -0.325 e. The molecule has 2 aromatic carbocycles. The lowest BCUT2D eigenvalue weighted by Gasteiger charge is -2.28. The van der Waals surface area contributed by atoms with Crippen molar-refractivity contribution >= 4 is 44.0 Å². The molecule has 0 spiro atoms. The first-order chi connectivity index (χ1) is 14.8. The molecule has 2 aliphatic heterocycles. The Bertz CT molecular complexity index is 1140. The van der Waals surface area contributed by atoms with E-state index in [-0.39, 0.29) is 35.2 Å². The van der Waals surface area contributed by atoms with E-state index < -0.39 is 9.84 Å². The van der Waals surface area contributed by atoms with Gasteiger partial charge < -0.3 is 10.2 Å². The highest BCUT2D eigenvalue weighted by Crippen LogP contribution is 2.36. The predicted octanol–water partition coefficient (Wildman–Crippen LogP) is 3.58. The zero-order valence-electron chi connectivity index (χ0n) is 18.0. The number of benzene rings is 2. The number of nitrogens with zero attached hydrogens (tertiary/aromatic N) is 2. The number of amides is 1. The van der Waals surface area contributed by atoms with Crippen molar-refractivity contribution in [3.05, 3.63) is 59.2 Å². The Balaban J connectivity index is 1.53. The number of fused-ring (bicyclic) bond motifs is 1. The predicted molar refractivity (Wildman–Crippen MR) is 129 cm³/mol. The molecule has 2 aliphatic rings. The maximum Gasteiger partial charge on any atom is 0.234 e. The molecule has 8 heteroatoms. The lowest BCUT2D eigenvalue weighted by atomic mass is 10.1. The number of hydrogen-bond donors (Lipinski definition) is 1. The minimum absolute atomic E-state index is 0.0687. The van der Waals surface area contributed by atoms with Gasteiger partial charge in [-0.05, 0) is 43.5 Å². The molecule has 31 heavy (non-hydrogen) atoms. The van der Waals surface area contributed by atoms with Gasteiger partial charge in [0.05, 0.1) is 29.3 Å². The van der Waals surface area contributed by atoms with E-state index in [0.29, 0.717) is 0 Å². The summed E-state index contributed by atoms with van der Waals surface area (Å²) in [4.78, 5) is 19.4. The number of hydrogen-bond acceptors (Lipinski definition) is 6. The fraction of sp³-hybridized carbons (Fsp3) is 0.391. The van der Waals surface area contributed by atoms with E-state index in [0.717, 1.165) is 39.7 Å². The second-order valence-electron chi connectivity index (χ2n) is 8.13. The number of carbonyl (C=O) groups excluding carboxylic acids is 1. The van der Waals surface area contributed by atoms with Gasteiger partial charge in [-0.25, -0.2) is 8.42 Å². The summed E-state index contributed by atoms with van der Waals surface area (Å²) in [7, 11) is -3.11. The van der Waals surface area contributed by atoms with Crippen LogP contribution >= 0.6 is 11.8 Å². The normalized spacial score (nSPS) is 21.6. The Hall–Kier alpha value is -2.32. The van der Waals surface area contributed by atoms with Crippen LogP contribution in [-0.4, -0.2) is 48.8 Å². The number of nitrogens with one attached hydrogen (secondary N) is 1. The van der Waals surface area contributed by atoms with Crippen molar-refractivity contribution in [2.45, 2.75) is 39.3 Å². The standard InChI is InChI=1S/C23H27N3O3S2/c1-4-17-7-5-6-8-18(17)24-22(27)12-30-23-25-19-13-31(28,29)14-21(19)26(23)20-10-9-15(2)11-16(20)3/h5-11,19,21H,4,12-14H2,1-3H3,(H,24,27)/t19-,21-/m1/s1. The summed E-state index contributed by atoms with van der Waals surface area (Å²) in [6.45, 7) is 6.11. The van der Waals surface area contributed by atoms with Gasteiger partial charge >= 0.3 is 0 Å². The number of carbonyl (C=O) groups is 1. The summed E-state index contributed by atoms with van der Waals surface area (Å²) in [5.74, 6) is 0.275. The first-order valence-corrected chi connectivity index (χ1v) is 13.2. The number of para-hydroxylation sites is 1. The van der Waals surface area contributed by atoms with E-state index in [2.05, 4.69) is 18.3 Å². The molecule has 1 N–H and O–H groups in total. The van der Waals surface area contributed by atoms with Gasteiger partial charge in [0.25, 0.3) is 0 Å². The van der Waals surface area contributed by atoms with E-state index in [4.69, 9.17) is 4.99 Å². The van der Waals surface area contributed by atoms with E-state index in [9.17, 15) is 13.2 Å². The van der Waals surface area contributed by atoms with Crippen LogP contribution in [-0.2, 0) is 21.1 Å². The minimum atomic E-state index is -3.11. The smallest absolute Gasteiger partial charge is 0.234 e. The first-order valence-electron chi connectivity index (χ1n) is 10.4. The maximum atomic E-state index is 12.6. The van der Waals surface area contributed by atoms with Crippen LogP contribution < -0.4 is 10.2 Å². The van der Waals surface area contributed by atoms with Gasteiger partial charge in [-0.2, -0.15) is 0 Å². The third-order valence-corrected chi connectivity index (χ3v) is 8.39. The lowest BCUT2D eigenvalue weighted by Crippen LogP contribution is -2.39. The van der Waals surface area contributed by atoms with Crippen LogP contribution in [0.1, 0.15) is 23.6 Å². The van der Waals surface area contributed by atoms with Crippen molar-refractivity contribution in [2.75, 3.05) is 27.5 Å². The van der Waals surface area contributed by atoms with Crippen molar-refractivity contribution in [1.82, 2.24) is 0 Å². The van der Waals surface area contributed by atoms with Gasteiger partial charge in [-0.15, -0.1) is 0 Å². The highest BCUT2D eigenvalue weighted by molar-refractivity contribution is 8.14. The fourth-order valence-corrected chi connectivity index (χ4v) is 7.02. The van der Waals surface area contributed by atoms with Gasteiger partial charge in [-0.1, -0.05) is 54.6 Å². The SMILES string of the molecule is CCc1ccccc1NC(=O)CSC1=N[C@@H]2CS(=O)(=O)C[C@H]2N1c1ccc(C)cc1C.